The van der Waals surface area contributed by atoms with Crippen LogP contribution in [-0.4, -0.2) is 41.0 Å². The van der Waals surface area contributed by atoms with Gasteiger partial charge in [0.25, 0.3) is 0 Å². The van der Waals surface area contributed by atoms with Crippen molar-refractivity contribution >= 4 is 11.9 Å². The topological polar surface area (TPSA) is 83.6 Å². The first-order valence-corrected chi connectivity index (χ1v) is 6.28. The molecule has 0 aliphatic carbocycles. The summed E-state index contributed by atoms with van der Waals surface area (Å²) in [6.45, 7) is 3.29. The molecule has 0 bridgehead atoms. The van der Waals surface area contributed by atoms with E-state index in [1.807, 2.05) is 0 Å². The quantitative estimate of drug-likeness (QED) is 0.722. The van der Waals surface area contributed by atoms with Crippen LogP contribution in [0.2, 0.25) is 0 Å². The van der Waals surface area contributed by atoms with Gasteiger partial charge in [-0.05, 0) is 38.1 Å². The molecule has 1 unspecified atom stereocenters. The maximum Gasteiger partial charge on any atom is 0.326 e. The summed E-state index contributed by atoms with van der Waals surface area (Å²) in [6, 6.07) is -0.604. The van der Waals surface area contributed by atoms with Crippen LogP contribution in [0.3, 0.4) is 0 Å². The van der Waals surface area contributed by atoms with E-state index < -0.39 is 12.0 Å². The summed E-state index contributed by atoms with van der Waals surface area (Å²) in [6.07, 6.45) is 3.51. The van der Waals surface area contributed by atoms with E-state index in [9.17, 15) is 9.59 Å². The minimum Gasteiger partial charge on any atom is -0.480 e. The van der Waals surface area contributed by atoms with Gasteiger partial charge in [-0.15, -0.1) is 0 Å². The van der Waals surface area contributed by atoms with Crippen molar-refractivity contribution in [1.29, 1.82) is 0 Å². The van der Waals surface area contributed by atoms with Crippen LogP contribution in [0.15, 0.2) is 0 Å². The molecular formula is C12H22N2O3. The predicted molar refractivity (Wildman–Crippen MR) is 64.4 cm³/mol. The molecule has 0 aromatic heterocycles. The molecule has 5 heteroatoms. The molecule has 1 fully saturated rings. The van der Waals surface area contributed by atoms with Crippen LogP contribution in [0.4, 0.5) is 0 Å². The van der Waals surface area contributed by atoms with E-state index in [1.54, 1.807) is 0 Å². The van der Waals surface area contributed by atoms with E-state index in [4.69, 9.17) is 10.8 Å². The predicted octanol–water partition coefficient (Wildman–Crippen LogP) is 0.827. The minimum atomic E-state index is -0.883. The summed E-state index contributed by atoms with van der Waals surface area (Å²) < 4.78 is 0. The summed E-state index contributed by atoms with van der Waals surface area (Å²) in [5.74, 6) is -0.487. The number of carboxylic acids is 1. The van der Waals surface area contributed by atoms with Gasteiger partial charge in [0, 0.05) is 13.0 Å². The summed E-state index contributed by atoms with van der Waals surface area (Å²) >= 11 is 0. The van der Waals surface area contributed by atoms with Crippen LogP contribution in [0.5, 0.6) is 0 Å². The highest BCUT2D eigenvalue weighted by molar-refractivity contribution is 5.84. The normalized spacial score (nSPS) is 21.5. The van der Waals surface area contributed by atoms with Crippen molar-refractivity contribution < 1.29 is 14.7 Å². The smallest absolute Gasteiger partial charge is 0.326 e. The Balaban J connectivity index is 2.39. The molecule has 3 N–H and O–H groups in total. The molecule has 0 radical (unpaired) electrons. The maximum absolute atomic E-state index is 11.9. The lowest BCUT2D eigenvalue weighted by atomic mass is 10.0. The van der Waals surface area contributed by atoms with Crippen molar-refractivity contribution in [3.05, 3.63) is 0 Å². The summed E-state index contributed by atoms with van der Waals surface area (Å²) in [4.78, 5) is 24.4. The first kappa shape index (κ1) is 14.0. The van der Waals surface area contributed by atoms with Crippen LogP contribution >= 0.6 is 0 Å². The van der Waals surface area contributed by atoms with Gasteiger partial charge in [-0.25, -0.2) is 4.79 Å². The summed E-state index contributed by atoms with van der Waals surface area (Å²) in [5.41, 5.74) is 5.45. The van der Waals surface area contributed by atoms with Gasteiger partial charge in [-0.1, -0.05) is 6.92 Å². The molecule has 1 rings (SSSR count). The van der Waals surface area contributed by atoms with Gasteiger partial charge in [0.15, 0.2) is 0 Å². The van der Waals surface area contributed by atoms with Crippen molar-refractivity contribution in [3.8, 4) is 0 Å². The van der Waals surface area contributed by atoms with Crippen molar-refractivity contribution in [2.24, 2.45) is 11.7 Å². The Morgan fingerprint density at radius 2 is 2.18 bits per heavy atom. The number of amides is 1. The minimum absolute atomic E-state index is 0.0289. The molecule has 1 heterocycles. The molecule has 0 aromatic carbocycles. The Bertz CT molecular complexity index is 281. The van der Waals surface area contributed by atoms with E-state index in [1.165, 1.54) is 4.90 Å². The number of carbonyl (C=O) groups is 2. The molecule has 1 saturated heterocycles. The standard InChI is InChI=1S/C12H22N2O3/c1-9(6-7-13)4-5-11(15)14-8-2-3-10(14)12(16)17/h9-10H,2-8,13H2,1H3,(H,16,17)/t9?,10-/m0/s1. The van der Waals surface area contributed by atoms with Gasteiger partial charge in [0.1, 0.15) is 6.04 Å². The number of aliphatic carboxylic acids is 1. The highest BCUT2D eigenvalue weighted by Gasteiger charge is 2.33. The molecule has 17 heavy (non-hydrogen) atoms. The number of nitrogens with two attached hydrogens (primary N) is 1. The molecule has 0 saturated carbocycles. The lowest BCUT2D eigenvalue weighted by Gasteiger charge is -2.22. The van der Waals surface area contributed by atoms with Crippen molar-refractivity contribution in [3.63, 3.8) is 0 Å². The van der Waals surface area contributed by atoms with Crippen LogP contribution in [0.25, 0.3) is 0 Å². The van der Waals surface area contributed by atoms with Gasteiger partial charge in [0.05, 0.1) is 0 Å². The SMILES string of the molecule is CC(CCN)CCC(=O)N1CCC[C@H]1C(=O)O. The Kier molecular flexibility index (Phi) is 5.41. The first-order chi connectivity index (χ1) is 8.06. The fraction of sp³-hybridized carbons (Fsp3) is 0.833. The summed E-state index contributed by atoms with van der Waals surface area (Å²) in [5, 5.41) is 8.98. The second-order valence-corrected chi connectivity index (χ2v) is 4.80. The zero-order chi connectivity index (χ0) is 12.8. The zero-order valence-corrected chi connectivity index (χ0v) is 10.4. The third kappa shape index (κ3) is 4.00. The fourth-order valence-corrected chi connectivity index (χ4v) is 2.26. The van der Waals surface area contributed by atoms with Gasteiger partial charge in [-0.3, -0.25) is 4.79 Å². The average molecular weight is 242 g/mol. The molecule has 0 spiro atoms. The van der Waals surface area contributed by atoms with Crippen LogP contribution in [0, 0.1) is 5.92 Å². The maximum atomic E-state index is 11.9. The first-order valence-electron chi connectivity index (χ1n) is 6.28. The molecular weight excluding hydrogens is 220 g/mol. The number of rotatable bonds is 6. The Morgan fingerprint density at radius 3 is 2.76 bits per heavy atom. The van der Waals surface area contributed by atoms with Gasteiger partial charge < -0.3 is 15.7 Å². The number of hydrogen-bond acceptors (Lipinski definition) is 3. The van der Waals surface area contributed by atoms with Gasteiger partial charge in [-0.2, -0.15) is 0 Å². The molecule has 98 valence electrons. The average Bonchev–Trinajstić information content (AvgIpc) is 2.75. The Hall–Kier alpha value is -1.10. The second-order valence-electron chi connectivity index (χ2n) is 4.80. The van der Waals surface area contributed by atoms with Crippen molar-refractivity contribution in [2.75, 3.05) is 13.1 Å². The molecule has 1 aliphatic heterocycles. The van der Waals surface area contributed by atoms with E-state index in [0.29, 0.717) is 31.8 Å². The molecule has 2 atom stereocenters. The highest BCUT2D eigenvalue weighted by atomic mass is 16.4. The highest BCUT2D eigenvalue weighted by Crippen LogP contribution is 2.20. The molecule has 1 aliphatic rings. The second kappa shape index (κ2) is 6.59. The third-order valence-corrected chi connectivity index (χ3v) is 3.37. The number of carboxylic acid groups (broad SMARTS) is 1. The number of nitrogens with zero attached hydrogens (tertiary/aromatic N) is 1. The van der Waals surface area contributed by atoms with Crippen LogP contribution in [0.1, 0.15) is 39.0 Å². The van der Waals surface area contributed by atoms with E-state index in [2.05, 4.69) is 6.92 Å². The lowest BCUT2D eigenvalue weighted by molar-refractivity contribution is -0.148. The zero-order valence-electron chi connectivity index (χ0n) is 10.4. The van der Waals surface area contributed by atoms with Crippen molar-refractivity contribution in [1.82, 2.24) is 4.90 Å². The van der Waals surface area contributed by atoms with Crippen LogP contribution < -0.4 is 5.73 Å². The van der Waals surface area contributed by atoms with Crippen LogP contribution in [-0.2, 0) is 9.59 Å². The summed E-state index contributed by atoms with van der Waals surface area (Å²) in [7, 11) is 0. The van der Waals surface area contributed by atoms with Gasteiger partial charge >= 0.3 is 5.97 Å². The van der Waals surface area contributed by atoms with E-state index in [-0.39, 0.29) is 5.91 Å². The Labute approximate surface area is 102 Å². The van der Waals surface area contributed by atoms with E-state index >= 15 is 0 Å². The number of likely N-dealkylation sites (tertiary alicyclic amines) is 1. The number of carbonyl (C=O) groups excluding carboxylic acids is 1. The number of hydrogen-bond donors (Lipinski definition) is 2. The lowest BCUT2D eigenvalue weighted by Crippen LogP contribution is -2.40. The Morgan fingerprint density at radius 1 is 1.47 bits per heavy atom. The van der Waals surface area contributed by atoms with Crippen molar-refractivity contribution in [2.45, 2.75) is 45.1 Å². The molecule has 1 amide bonds. The monoisotopic (exact) mass is 242 g/mol. The fourth-order valence-electron chi connectivity index (χ4n) is 2.26. The third-order valence-electron chi connectivity index (χ3n) is 3.37. The largest absolute Gasteiger partial charge is 0.480 e. The van der Waals surface area contributed by atoms with Gasteiger partial charge in [0.2, 0.25) is 5.91 Å². The molecule has 0 aromatic rings. The van der Waals surface area contributed by atoms with E-state index in [0.717, 1.165) is 19.3 Å². The molecule has 5 nitrogen and oxygen atoms in total.